The first kappa shape index (κ1) is 19.9. The minimum Gasteiger partial charge on any atom is -0.376 e. The van der Waals surface area contributed by atoms with Crippen LogP contribution in [0.25, 0.3) is 0 Å². The lowest BCUT2D eigenvalue weighted by atomic mass is 10.1. The Morgan fingerprint density at radius 1 is 0.759 bits per heavy atom. The lowest BCUT2D eigenvalue weighted by molar-refractivity contribution is -0.114. The smallest absolute Gasteiger partial charge is 0.257 e. The molecule has 0 aliphatic heterocycles. The third-order valence-corrected chi connectivity index (χ3v) is 3.92. The number of hydrogen-bond donors (Lipinski definition) is 3. The average molecular weight is 399 g/mol. The summed E-state index contributed by atoms with van der Waals surface area (Å²) in [5.41, 5.74) is 0.899. The average Bonchev–Trinajstić information content (AvgIpc) is 2.70. The molecule has 8 heteroatoms. The molecule has 3 N–H and O–H groups in total. The first-order valence-corrected chi connectivity index (χ1v) is 8.57. The summed E-state index contributed by atoms with van der Waals surface area (Å²) in [5, 5.41) is 7.77. The molecule has 0 bridgehead atoms. The van der Waals surface area contributed by atoms with E-state index < -0.39 is 29.3 Å². The number of hydrogen-bond acceptors (Lipinski definition) is 3. The molecule has 0 saturated heterocycles. The van der Waals surface area contributed by atoms with E-state index in [1.807, 2.05) is 0 Å². The van der Waals surface area contributed by atoms with Crippen LogP contribution < -0.4 is 16.0 Å². The first-order chi connectivity index (χ1) is 13.9. The molecule has 0 fully saturated rings. The molecule has 29 heavy (non-hydrogen) atoms. The van der Waals surface area contributed by atoms with Gasteiger partial charge in [0.2, 0.25) is 5.91 Å². The molecule has 2 amide bonds. The molecule has 3 rings (SSSR count). The molecular weight excluding hydrogens is 383 g/mol. The van der Waals surface area contributed by atoms with Crippen LogP contribution in [0, 0.1) is 17.5 Å². The summed E-state index contributed by atoms with van der Waals surface area (Å²) in [6, 6.07) is 14.6. The van der Waals surface area contributed by atoms with Gasteiger partial charge in [0, 0.05) is 17.4 Å². The van der Waals surface area contributed by atoms with Crippen molar-refractivity contribution in [2.45, 2.75) is 0 Å². The van der Waals surface area contributed by atoms with E-state index in [1.165, 1.54) is 24.3 Å². The molecule has 3 aromatic rings. The number of nitrogens with one attached hydrogen (secondary N) is 3. The predicted octanol–water partition coefficient (Wildman–Crippen LogP) is 4.41. The molecule has 0 radical (unpaired) electrons. The Morgan fingerprint density at radius 2 is 1.45 bits per heavy atom. The van der Waals surface area contributed by atoms with E-state index in [9.17, 15) is 22.8 Å². The van der Waals surface area contributed by atoms with Crippen molar-refractivity contribution in [3.8, 4) is 0 Å². The van der Waals surface area contributed by atoms with Crippen molar-refractivity contribution >= 4 is 28.9 Å². The van der Waals surface area contributed by atoms with Crippen LogP contribution in [0.2, 0.25) is 0 Å². The molecule has 0 atom stereocenters. The molecule has 0 aromatic heterocycles. The summed E-state index contributed by atoms with van der Waals surface area (Å²) in [7, 11) is 0. The van der Waals surface area contributed by atoms with Gasteiger partial charge in [-0.1, -0.05) is 12.1 Å². The van der Waals surface area contributed by atoms with E-state index in [-0.39, 0.29) is 17.8 Å². The zero-order valence-electron chi connectivity index (χ0n) is 15.0. The van der Waals surface area contributed by atoms with Crippen molar-refractivity contribution in [1.29, 1.82) is 0 Å². The van der Waals surface area contributed by atoms with Gasteiger partial charge in [-0.15, -0.1) is 0 Å². The highest BCUT2D eigenvalue weighted by atomic mass is 19.1. The Bertz CT molecular complexity index is 1040. The van der Waals surface area contributed by atoms with Gasteiger partial charge in [0.15, 0.2) is 0 Å². The van der Waals surface area contributed by atoms with Crippen molar-refractivity contribution in [2.24, 2.45) is 0 Å². The van der Waals surface area contributed by atoms with E-state index >= 15 is 0 Å². The monoisotopic (exact) mass is 399 g/mol. The number of para-hydroxylation sites is 1. The fourth-order valence-electron chi connectivity index (χ4n) is 2.53. The second kappa shape index (κ2) is 8.92. The maximum Gasteiger partial charge on any atom is 0.257 e. The second-order valence-electron chi connectivity index (χ2n) is 6.03. The highest BCUT2D eigenvalue weighted by Gasteiger charge is 2.13. The van der Waals surface area contributed by atoms with Crippen LogP contribution >= 0.6 is 0 Å². The van der Waals surface area contributed by atoms with Gasteiger partial charge in [-0.05, 0) is 48.5 Å². The van der Waals surface area contributed by atoms with Crippen LogP contribution in [-0.2, 0) is 4.79 Å². The molecule has 0 aliphatic carbocycles. The lowest BCUT2D eigenvalue weighted by Gasteiger charge is -2.13. The molecule has 0 heterocycles. The van der Waals surface area contributed by atoms with E-state index in [4.69, 9.17) is 0 Å². The maximum absolute atomic E-state index is 13.6. The lowest BCUT2D eigenvalue weighted by Crippen LogP contribution is -2.23. The number of rotatable bonds is 6. The van der Waals surface area contributed by atoms with Gasteiger partial charge in [0.05, 0.1) is 17.8 Å². The SMILES string of the molecule is O=C(CNc1ccccc1C(=O)Nc1ccc(F)cc1)Nc1ccc(F)cc1F. The van der Waals surface area contributed by atoms with Crippen LogP contribution in [0.4, 0.5) is 30.2 Å². The zero-order valence-corrected chi connectivity index (χ0v) is 15.0. The van der Waals surface area contributed by atoms with Crippen LogP contribution in [0.1, 0.15) is 10.4 Å². The molecule has 5 nitrogen and oxygen atoms in total. The van der Waals surface area contributed by atoms with E-state index in [0.717, 1.165) is 12.1 Å². The van der Waals surface area contributed by atoms with Crippen molar-refractivity contribution < 1.29 is 22.8 Å². The normalized spacial score (nSPS) is 10.3. The number of carbonyl (C=O) groups is 2. The topological polar surface area (TPSA) is 70.2 Å². The molecule has 0 spiro atoms. The quantitative estimate of drug-likeness (QED) is 0.575. The van der Waals surface area contributed by atoms with Crippen molar-refractivity contribution in [1.82, 2.24) is 0 Å². The summed E-state index contributed by atoms with van der Waals surface area (Å²) < 4.78 is 39.5. The van der Waals surface area contributed by atoms with Gasteiger partial charge >= 0.3 is 0 Å². The Balaban J connectivity index is 1.64. The van der Waals surface area contributed by atoms with Gasteiger partial charge in [-0.25, -0.2) is 13.2 Å². The third-order valence-electron chi connectivity index (χ3n) is 3.92. The molecule has 0 unspecified atom stereocenters. The Morgan fingerprint density at radius 3 is 2.17 bits per heavy atom. The number of carbonyl (C=O) groups excluding carboxylic acids is 2. The molecule has 0 saturated carbocycles. The summed E-state index contributed by atoms with van der Waals surface area (Å²) in [6.45, 7) is -0.252. The molecule has 0 aliphatic rings. The summed E-state index contributed by atoms with van der Waals surface area (Å²) in [6.07, 6.45) is 0. The van der Waals surface area contributed by atoms with Crippen LogP contribution in [0.5, 0.6) is 0 Å². The fraction of sp³-hybridized carbons (Fsp3) is 0.0476. The number of benzene rings is 3. The highest BCUT2D eigenvalue weighted by Crippen LogP contribution is 2.18. The minimum atomic E-state index is -0.891. The second-order valence-corrected chi connectivity index (χ2v) is 6.03. The number of amides is 2. The van der Waals surface area contributed by atoms with Crippen LogP contribution in [-0.4, -0.2) is 18.4 Å². The van der Waals surface area contributed by atoms with Gasteiger partial charge < -0.3 is 16.0 Å². The van der Waals surface area contributed by atoms with Crippen molar-refractivity contribution in [2.75, 3.05) is 22.5 Å². The van der Waals surface area contributed by atoms with Gasteiger partial charge in [0.1, 0.15) is 17.5 Å². The summed E-state index contributed by atoms with van der Waals surface area (Å²) in [4.78, 5) is 24.6. The Labute approximate surface area is 164 Å². The molecular formula is C21H16F3N3O2. The van der Waals surface area contributed by atoms with E-state index in [1.54, 1.807) is 24.3 Å². The van der Waals surface area contributed by atoms with Gasteiger partial charge in [-0.3, -0.25) is 9.59 Å². The zero-order chi connectivity index (χ0) is 20.8. The predicted molar refractivity (Wildman–Crippen MR) is 104 cm³/mol. The van der Waals surface area contributed by atoms with Crippen LogP contribution in [0.15, 0.2) is 66.7 Å². The highest BCUT2D eigenvalue weighted by molar-refractivity contribution is 6.08. The fourth-order valence-corrected chi connectivity index (χ4v) is 2.53. The van der Waals surface area contributed by atoms with Crippen molar-refractivity contribution in [3.63, 3.8) is 0 Å². The van der Waals surface area contributed by atoms with E-state index in [0.29, 0.717) is 17.4 Å². The largest absolute Gasteiger partial charge is 0.376 e. The Hall–Kier alpha value is -3.81. The standard InChI is InChI=1S/C21H16F3N3O2/c22-13-5-8-15(9-6-13)26-21(29)16-3-1-2-4-18(16)25-12-20(28)27-19-10-7-14(23)11-17(19)24/h1-11,25H,12H2,(H,26,29)(H,27,28). The molecule has 148 valence electrons. The van der Waals surface area contributed by atoms with Gasteiger partial charge in [0.25, 0.3) is 5.91 Å². The number of anilines is 3. The third kappa shape index (κ3) is 5.35. The maximum atomic E-state index is 13.6. The molecule has 3 aromatic carbocycles. The summed E-state index contributed by atoms with van der Waals surface area (Å²) >= 11 is 0. The van der Waals surface area contributed by atoms with Gasteiger partial charge in [-0.2, -0.15) is 0 Å². The number of halogens is 3. The van der Waals surface area contributed by atoms with Crippen LogP contribution in [0.3, 0.4) is 0 Å². The minimum absolute atomic E-state index is 0.152. The first-order valence-electron chi connectivity index (χ1n) is 8.57. The van der Waals surface area contributed by atoms with Crippen molar-refractivity contribution in [3.05, 3.63) is 89.7 Å². The summed E-state index contributed by atoms with van der Waals surface area (Å²) in [5.74, 6) is -3.10. The van der Waals surface area contributed by atoms with E-state index in [2.05, 4.69) is 16.0 Å². The Kier molecular flexibility index (Phi) is 6.13.